The van der Waals surface area contributed by atoms with E-state index in [1.54, 1.807) is 18.2 Å². The van der Waals surface area contributed by atoms with Gasteiger partial charge < -0.3 is 5.32 Å². The van der Waals surface area contributed by atoms with Crippen molar-refractivity contribution in [3.8, 4) is 6.07 Å². The van der Waals surface area contributed by atoms with Crippen molar-refractivity contribution in [3.05, 3.63) is 64.7 Å². The Bertz CT molecular complexity index is 811. The molecule has 2 aromatic rings. The molecule has 2 aromatic carbocycles. The molecule has 122 valence electrons. The fourth-order valence-electron chi connectivity index (χ4n) is 2.26. The number of carbonyl (C=O) groups is 1. The summed E-state index contributed by atoms with van der Waals surface area (Å²) < 4.78 is 0. The largest absolute Gasteiger partial charge is 0.331 e. The number of aryl methyl sites for hydroxylation is 2. The number of hydrogen-bond donors (Lipinski definition) is 3. The first-order valence-corrected chi connectivity index (χ1v) is 7.92. The molecule has 5 nitrogen and oxygen atoms in total. The number of para-hydroxylation sites is 1. The Labute approximate surface area is 146 Å². The van der Waals surface area contributed by atoms with Crippen molar-refractivity contribution in [2.45, 2.75) is 20.3 Å². The normalized spacial score (nSPS) is 9.71. The molecule has 0 saturated heterocycles. The van der Waals surface area contributed by atoms with E-state index in [1.165, 1.54) is 6.07 Å². The van der Waals surface area contributed by atoms with E-state index in [9.17, 15) is 4.79 Å². The minimum Gasteiger partial charge on any atom is -0.331 e. The van der Waals surface area contributed by atoms with Crippen LogP contribution in [0, 0.1) is 18.3 Å². The molecule has 24 heavy (non-hydrogen) atoms. The van der Waals surface area contributed by atoms with Crippen LogP contribution in [0.1, 0.15) is 34.0 Å². The third-order valence-electron chi connectivity index (χ3n) is 3.52. The van der Waals surface area contributed by atoms with Crippen LogP contribution in [0.15, 0.2) is 42.5 Å². The van der Waals surface area contributed by atoms with Crippen LogP contribution in [0.2, 0.25) is 0 Å². The van der Waals surface area contributed by atoms with Crippen LogP contribution in [-0.2, 0) is 6.42 Å². The molecule has 0 atom stereocenters. The zero-order chi connectivity index (χ0) is 17.5. The van der Waals surface area contributed by atoms with Crippen molar-refractivity contribution in [3.63, 3.8) is 0 Å². The van der Waals surface area contributed by atoms with Gasteiger partial charge >= 0.3 is 0 Å². The van der Waals surface area contributed by atoms with Gasteiger partial charge in [-0.15, -0.1) is 0 Å². The monoisotopic (exact) mass is 338 g/mol. The van der Waals surface area contributed by atoms with Gasteiger partial charge in [-0.05, 0) is 54.9 Å². The summed E-state index contributed by atoms with van der Waals surface area (Å²) in [4.78, 5) is 12.1. The van der Waals surface area contributed by atoms with Gasteiger partial charge in [0.05, 0.1) is 11.6 Å². The lowest BCUT2D eigenvalue weighted by molar-refractivity contribution is 0.0944. The van der Waals surface area contributed by atoms with E-state index in [-0.39, 0.29) is 5.91 Å². The number of nitriles is 1. The Morgan fingerprint density at radius 2 is 1.96 bits per heavy atom. The summed E-state index contributed by atoms with van der Waals surface area (Å²) in [5.41, 5.74) is 9.18. The molecule has 0 radical (unpaired) electrons. The Morgan fingerprint density at radius 1 is 1.21 bits per heavy atom. The van der Waals surface area contributed by atoms with E-state index in [0.717, 1.165) is 23.2 Å². The molecule has 0 spiro atoms. The van der Waals surface area contributed by atoms with Gasteiger partial charge in [0.1, 0.15) is 0 Å². The molecule has 0 aliphatic rings. The first kappa shape index (κ1) is 17.4. The third-order valence-corrected chi connectivity index (χ3v) is 3.73. The Kier molecular flexibility index (Phi) is 5.88. The topological polar surface area (TPSA) is 76.9 Å². The summed E-state index contributed by atoms with van der Waals surface area (Å²) in [6.07, 6.45) is 0.875. The van der Waals surface area contributed by atoms with Crippen LogP contribution in [0.25, 0.3) is 0 Å². The summed E-state index contributed by atoms with van der Waals surface area (Å²) in [6.45, 7) is 4.07. The van der Waals surface area contributed by atoms with Gasteiger partial charge in [-0.2, -0.15) is 5.26 Å². The Balaban J connectivity index is 1.99. The Morgan fingerprint density at radius 3 is 2.67 bits per heavy atom. The van der Waals surface area contributed by atoms with E-state index in [2.05, 4.69) is 23.1 Å². The zero-order valence-electron chi connectivity index (χ0n) is 13.5. The van der Waals surface area contributed by atoms with Gasteiger partial charge in [-0.25, -0.2) is 0 Å². The van der Waals surface area contributed by atoms with Gasteiger partial charge in [0.2, 0.25) is 0 Å². The highest BCUT2D eigenvalue weighted by atomic mass is 32.1. The number of nitrogens with one attached hydrogen (secondary N) is 3. The summed E-state index contributed by atoms with van der Waals surface area (Å²) in [7, 11) is 0. The number of rotatable bonds is 3. The molecule has 0 bridgehead atoms. The molecule has 1 amide bonds. The molecule has 0 aliphatic carbocycles. The van der Waals surface area contributed by atoms with Crippen molar-refractivity contribution in [2.75, 3.05) is 5.32 Å². The fourth-order valence-corrected chi connectivity index (χ4v) is 2.42. The highest BCUT2D eigenvalue weighted by molar-refractivity contribution is 7.80. The minimum atomic E-state index is -0.364. The molecule has 0 aromatic heterocycles. The maximum Gasteiger partial charge on any atom is 0.269 e. The number of anilines is 1. The number of carbonyl (C=O) groups excluding carboxylic acids is 1. The van der Waals surface area contributed by atoms with Crippen LogP contribution in [-0.4, -0.2) is 11.0 Å². The summed E-state index contributed by atoms with van der Waals surface area (Å²) in [6, 6.07) is 14.5. The van der Waals surface area contributed by atoms with E-state index < -0.39 is 0 Å². The summed E-state index contributed by atoms with van der Waals surface area (Å²) in [5.74, 6) is -0.364. The zero-order valence-corrected chi connectivity index (χ0v) is 14.3. The highest BCUT2D eigenvalue weighted by Crippen LogP contribution is 2.20. The molecule has 0 unspecified atom stereocenters. The second kappa shape index (κ2) is 8.09. The SMILES string of the molecule is CCc1cccc(C)c1NC(=S)NNC(=O)c1cccc(C#N)c1. The smallest absolute Gasteiger partial charge is 0.269 e. The van der Waals surface area contributed by atoms with Crippen LogP contribution >= 0.6 is 12.2 Å². The van der Waals surface area contributed by atoms with Crippen molar-refractivity contribution in [2.24, 2.45) is 0 Å². The molecule has 3 N–H and O–H groups in total. The number of thiocarbonyl (C=S) groups is 1. The van der Waals surface area contributed by atoms with Crippen molar-refractivity contribution in [1.82, 2.24) is 10.9 Å². The number of amides is 1. The maximum absolute atomic E-state index is 12.1. The van der Waals surface area contributed by atoms with E-state index in [1.807, 2.05) is 31.2 Å². The predicted molar refractivity (Wildman–Crippen MR) is 98.5 cm³/mol. The molecule has 0 saturated carbocycles. The number of nitrogens with zero attached hydrogens (tertiary/aromatic N) is 1. The third kappa shape index (κ3) is 4.31. The van der Waals surface area contributed by atoms with E-state index in [4.69, 9.17) is 17.5 Å². The molecule has 0 fully saturated rings. The second-order valence-corrected chi connectivity index (χ2v) is 5.60. The average molecular weight is 338 g/mol. The molecule has 0 aliphatic heterocycles. The number of benzene rings is 2. The van der Waals surface area contributed by atoms with Crippen LogP contribution in [0.5, 0.6) is 0 Å². The standard InChI is InChI=1S/C18H18N4OS/c1-3-14-8-4-6-12(2)16(14)20-18(24)22-21-17(23)15-9-5-7-13(10-15)11-19/h4-10H,3H2,1-2H3,(H,21,23)(H2,20,22,24). The maximum atomic E-state index is 12.1. The van der Waals surface area contributed by atoms with Crippen LogP contribution < -0.4 is 16.2 Å². The minimum absolute atomic E-state index is 0.295. The first-order valence-electron chi connectivity index (χ1n) is 7.51. The van der Waals surface area contributed by atoms with E-state index in [0.29, 0.717) is 16.2 Å². The lowest BCUT2D eigenvalue weighted by atomic mass is 10.1. The molecular formula is C18H18N4OS. The second-order valence-electron chi connectivity index (χ2n) is 5.19. The molecule has 6 heteroatoms. The van der Waals surface area contributed by atoms with Gasteiger partial charge in [0.15, 0.2) is 5.11 Å². The predicted octanol–water partition coefficient (Wildman–Crippen LogP) is 3.06. The molecule has 0 heterocycles. The lowest BCUT2D eigenvalue weighted by Crippen LogP contribution is -2.44. The Hall–Kier alpha value is -2.91. The first-order chi connectivity index (χ1) is 11.5. The van der Waals surface area contributed by atoms with Crippen molar-refractivity contribution in [1.29, 1.82) is 5.26 Å². The summed E-state index contributed by atoms with van der Waals surface area (Å²) >= 11 is 5.23. The van der Waals surface area contributed by atoms with Gasteiger partial charge in [-0.1, -0.05) is 31.2 Å². The van der Waals surface area contributed by atoms with Crippen LogP contribution in [0.4, 0.5) is 5.69 Å². The average Bonchev–Trinajstić information content (AvgIpc) is 2.61. The fraction of sp³-hybridized carbons (Fsp3) is 0.167. The van der Waals surface area contributed by atoms with Crippen LogP contribution in [0.3, 0.4) is 0 Å². The van der Waals surface area contributed by atoms with Gasteiger partial charge in [0, 0.05) is 11.3 Å². The molecule has 2 rings (SSSR count). The lowest BCUT2D eigenvalue weighted by Gasteiger charge is -2.16. The molecular weight excluding hydrogens is 320 g/mol. The van der Waals surface area contributed by atoms with E-state index >= 15 is 0 Å². The van der Waals surface area contributed by atoms with Gasteiger partial charge in [0.25, 0.3) is 5.91 Å². The number of hydrazine groups is 1. The van der Waals surface area contributed by atoms with Gasteiger partial charge in [-0.3, -0.25) is 15.6 Å². The van der Waals surface area contributed by atoms with Crippen molar-refractivity contribution < 1.29 is 4.79 Å². The quantitative estimate of drug-likeness (QED) is 0.592. The highest BCUT2D eigenvalue weighted by Gasteiger charge is 2.09. The summed E-state index contributed by atoms with van der Waals surface area (Å²) in [5, 5.41) is 12.3. The van der Waals surface area contributed by atoms with Crippen molar-refractivity contribution >= 4 is 28.9 Å². The number of hydrogen-bond acceptors (Lipinski definition) is 3.